The van der Waals surface area contributed by atoms with Crippen molar-refractivity contribution < 1.29 is 0 Å². The van der Waals surface area contributed by atoms with Crippen LogP contribution in [0.15, 0.2) is 183 Å². The van der Waals surface area contributed by atoms with E-state index in [-0.39, 0.29) is 0 Å². The highest BCUT2D eigenvalue weighted by Gasteiger charge is 2.19. The van der Waals surface area contributed by atoms with Crippen LogP contribution in [0, 0.1) is 0 Å². The zero-order valence-corrected chi connectivity index (χ0v) is 27.1. The van der Waals surface area contributed by atoms with Crippen molar-refractivity contribution in [3.8, 4) is 44.8 Å². The van der Waals surface area contributed by atoms with E-state index in [1.54, 1.807) is 0 Å². The van der Waals surface area contributed by atoms with Crippen molar-refractivity contribution in [2.75, 3.05) is 0 Å². The van der Waals surface area contributed by atoms with E-state index in [9.17, 15) is 0 Å². The summed E-state index contributed by atoms with van der Waals surface area (Å²) in [6, 6.07) is 56.7. The summed E-state index contributed by atoms with van der Waals surface area (Å²) in [5.74, 6) is 0. The van der Waals surface area contributed by atoms with Crippen LogP contribution in [-0.2, 0) is 0 Å². The highest BCUT2D eigenvalue weighted by atomic mass is 15.0. The average Bonchev–Trinajstić information content (AvgIpc) is 3.71. The second-order valence-electron chi connectivity index (χ2n) is 12.7. The van der Waals surface area contributed by atoms with Crippen LogP contribution in [0.1, 0.15) is 0 Å². The number of hydrogen-bond acceptors (Lipinski definition) is 2. The molecule has 10 aromatic rings. The molecular formula is C46H30N4. The molecule has 0 N–H and O–H groups in total. The standard InChI is InChI=1S/C46H30N4/c1-3-11-31(12-4-1)41-27-33(49-43-17-9-7-15-37(43)39-23-25-47-29-45(39)49)19-21-35(41)36-22-20-34(28-42(36)32-13-5-2-6-14-32)50-44-18-10-8-16-38(44)40-24-26-48-30-46(40)50/h1-30H. The second kappa shape index (κ2) is 11.4. The third-order valence-corrected chi connectivity index (χ3v) is 9.93. The van der Waals surface area contributed by atoms with Crippen molar-refractivity contribution >= 4 is 43.6 Å². The van der Waals surface area contributed by atoms with Gasteiger partial charge in [-0.2, -0.15) is 0 Å². The lowest BCUT2D eigenvalue weighted by Gasteiger charge is -2.19. The molecule has 0 aliphatic heterocycles. The zero-order valence-electron chi connectivity index (χ0n) is 27.1. The van der Waals surface area contributed by atoms with E-state index < -0.39 is 0 Å². The normalized spacial score (nSPS) is 11.6. The molecule has 0 saturated heterocycles. The first kappa shape index (κ1) is 28.3. The number of pyridine rings is 2. The molecule has 4 heteroatoms. The Morgan fingerprint density at radius 2 is 0.720 bits per heavy atom. The lowest BCUT2D eigenvalue weighted by Crippen LogP contribution is -1.98. The molecule has 4 heterocycles. The fourth-order valence-electron chi connectivity index (χ4n) is 7.72. The topological polar surface area (TPSA) is 35.6 Å². The Bertz CT molecular complexity index is 2560. The molecule has 0 saturated carbocycles. The van der Waals surface area contributed by atoms with Gasteiger partial charge in [0, 0.05) is 45.3 Å². The van der Waals surface area contributed by atoms with Crippen LogP contribution in [0.2, 0.25) is 0 Å². The summed E-state index contributed by atoms with van der Waals surface area (Å²) in [4.78, 5) is 9.05. The quantitative estimate of drug-likeness (QED) is 0.188. The largest absolute Gasteiger partial charge is 0.308 e. The number of hydrogen-bond donors (Lipinski definition) is 0. The first-order valence-corrected chi connectivity index (χ1v) is 16.9. The highest BCUT2D eigenvalue weighted by Crippen LogP contribution is 2.42. The van der Waals surface area contributed by atoms with E-state index in [4.69, 9.17) is 0 Å². The van der Waals surface area contributed by atoms with E-state index in [0.717, 1.165) is 33.4 Å². The number of para-hydroxylation sites is 2. The van der Waals surface area contributed by atoms with Gasteiger partial charge in [-0.25, -0.2) is 0 Å². The van der Waals surface area contributed by atoms with Gasteiger partial charge in [-0.05, 0) is 81.9 Å². The van der Waals surface area contributed by atoms with Gasteiger partial charge in [0.2, 0.25) is 0 Å². The third-order valence-electron chi connectivity index (χ3n) is 9.93. The molecule has 6 aromatic carbocycles. The highest BCUT2D eigenvalue weighted by molar-refractivity contribution is 6.10. The van der Waals surface area contributed by atoms with Crippen molar-refractivity contribution in [2.45, 2.75) is 0 Å². The monoisotopic (exact) mass is 638 g/mol. The molecule has 0 amide bonds. The summed E-state index contributed by atoms with van der Waals surface area (Å²) in [7, 11) is 0. The zero-order chi connectivity index (χ0) is 33.0. The van der Waals surface area contributed by atoms with Crippen LogP contribution in [0.3, 0.4) is 0 Å². The molecule has 234 valence electrons. The molecule has 0 aliphatic carbocycles. The Morgan fingerprint density at radius 1 is 0.320 bits per heavy atom. The van der Waals surface area contributed by atoms with E-state index in [2.05, 4.69) is 177 Å². The van der Waals surface area contributed by atoms with E-state index in [0.29, 0.717) is 0 Å². The smallest absolute Gasteiger partial charge is 0.0724 e. The van der Waals surface area contributed by atoms with Crippen molar-refractivity contribution in [3.05, 3.63) is 183 Å². The van der Waals surface area contributed by atoms with Gasteiger partial charge in [0.05, 0.1) is 34.5 Å². The van der Waals surface area contributed by atoms with Gasteiger partial charge in [0.15, 0.2) is 0 Å². The Morgan fingerprint density at radius 3 is 1.18 bits per heavy atom. The number of aromatic nitrogens is 4. The van der Waals surface area contributed by atoms with Crippen LogP contribution >= 0.6 is 0 Å². The first-order valence-electron chi connectivity index (χ1n) is 16.9. The van der Waals surface area contributed by atoms with Crippen molar-refractivity contribution in [1.82, 2.24) is 19.1 Å². The van der Waals surface area contributed by atoms with Gasteiger partial charge in [-0.3, -0.25) is 9.97 Å². The fraction of sp³-hybridized carbons (Fsp3) is 0. The fourth-order valence-corrected chi connectivity index (χ4v) is 7.72. The molecule has 0 unspecified atom stereocenters. The second-order valence-corrected chi connectivity index (χ2v) is 12.7. The van der Waals surface area contributed by atoms with Gasteiger partial charge >= 0.3 is 0 Å². The third kappa shape index (κ3) is 4.39. The predicted molar refractivity (Wildman–Crippen MR) is 207 cm³/mol. The minimum absolute atomic E-state index is 1.09. The predicted octanol–water partition coefficient (Wildman–Crippen LogP) is 11.7. The maximum Gasteiger partial charge on any atom is 0.0724 e. The molecule has 4 aromatic heterocycles. The van der Waals surface area contributed by atoms with Gasteiger partial charge < -0.3 is 9.13 Å². The number of rotatable bonds is 5. The Kier molecular flexibility index (Phi) is 6.46. The van der Waals surface area contributed by atoms with Gasteiger partial charge in [-0.1, -0.05) is 109 Å². The maximum atomic E-state index is 4.53. The molecule has 4 nitrogen and oxygen atoms in total. The van der Waals surface area contributed by atoms with Gasteiger partial charge in [0.1, 0.15) is 0 Å². The Hall–Kier alpha value is -6.78. The summed E-state index contributed by atoms with van der Waals surface area (Å²) in [6.07, 6.45) is 7.70. The van der Waals surface area contributed by atoms with Crippen molar-refractivity contribution in [3.63, 3.8) is 0 Å². The summed E-state index contributed by atoms with van der Waals surface area (Å²) >= 11 is 0. The summed E-state index contributed by atoms with van der Waals surface area (Å²) in [5, 5.41) is 4.83. The van der Waals surface area contributed by atoms with Crippen LogP contribution < -0.4 is 0 Å². The number of benzene rings is 6. The summed E-state index contributed by atoms with van der Waals surface area (Å²) < 4.78 is 4.68. The molecule has 0 spiro atoms. The molecule has 0 atom stereocenters. The maximum absolute atomic E-state index is 4.53. The molecule has 10 rings (SSSR count). The van der Waals surface area contributed by atoms with Crippen molar-refractivity contribution in [1.29, 1.82) is 0 Å². The number of fused-ring (bicyclic) bond motifs is 6. The van der Waals surface area contributed by atoms with Crippen LogP contribution in [0.25, 0.3) is 88.4 Å². The molecule has 50 heavy (non-hydrogen) atoms. The van der Waals surface area contributed by atoms with E-state index >= 15 is 0 Å². The van der Waals surface area contributed by atoms with Crippen LogP contribution in [0.5, 0.6) is 0 Å². The molecule has 0 radical (unpaired) electrons. The van der Waals surface area contributed by atoms with Crippen LogP contribution in [-0.4, -0.2) is 19.1 Å². The molecule has 0 aliphatic rings. The molecule has 0 bridgehead atoms. The van der Waals surface area contributed by atoms with Crippen LogP contribution in [0.4, 0.5) is 0 Å². The van der Waals surface area contributed by atoms with E-state index in [1.165, 1.54) is 54.9 Å². The summed E-state index contributed by atoms with van der Waals surface area (Å²) in [5.41, 5.74) is 13.7. The van der Waals surface area contributed by atoms with E-state index in [1.807, 2.05) is 24.8 Å². The minimum atomic E-state index is 1.09. The summed E-state index contributed by atoms with van der Waals surface area (Å²) in [6.45, 7) is 0. The van der Waals surface area contributed by atoms with Gasteiger partial charge in [-0.15, -0.1) is 0 Å². The molecule has 0 fully saturated rings. The van der Waals surface area contributed by atoms with Crippen molar-refractivity contribution in [2.24, 2.45) is 0 Å². The Labute approximate surface area is 289 Å². The molecular weight excluding hydrogens is 609 g/mol. The van der Waals surface area contributed by atoms with Gasteiger partial charge in [0.25, 0.3) is 0 Å². The number of nitrogens with zero attached hydrogens (tertiary/aromatic N) is 4. The SMILES string of the molecule is c1ccc(-c2cc(-n3c4ccccc4c4ccncc43)ccc2-c2ccc(-n3c4ccccc4c4ccncc43)cc2-c2ccccc2)cc1. The minimum Gasteiger partial charge on any atom is -0.308 e. The lowest BCUT2D eigenvalue weighted by atomic mass is 9.88. The Balaban J connectivity index is 1.24. The lowest BCUT2D eigenvalue weighted by molar-refractivity contribution is 1.16. The average molecular weight is 639 g/mol. The first-order chi connectivity index (χ1) is 24.8.